The summed E-state index contributed by atoms with van der Waals surface area (Å²) in [6, 6.07) is 9.92. The molecule has 0 radical (unpaired) electrons. The van der Waals surface area contributed by atoms with Crippen molar-refractivity contribution in [2.75, 3.05) is 6.61 Å². The van der Waals surface area contributed by atoms with Crippen molar-refractivity contribution in [2.45, 2.75) is 64.4 Å². The highest BCUT2D eigenvalue weighted by Crippen LogP contribution is 2.29. The van der Waals surface area contributed by atoms with E-state index in [1.165, 1.54) is 0 Å². The summed E-state index contributed by atoms with van der Waals surface area (Å²) >= 11 is 0. The predicted octanol–water partition coefficient (Wildman–Crippen LogP) is 4.62. The summed E-state index contributed by atoms with van der Waals surface area (Å²) in [6.45, 7) is 6.71. The first kappa shape index (κ1) is 18.2. The third kappa shape index (κ3) is 5.76. The summed E-state index contributed by atoms with van der Waals surface area (Å²) in [5.41, 5.74) is 0.986. The zero-order valence-corrected chi connectivity index (χ0v) is 14.6. The van der Waals surface area contributed by atoms with Crippen LogP contribution in [-0.2, 0) is 9.47 Å². The van der Waals surface area contributed by atoms with Gasteiger partial charge in [-0.15, -0.1) is 0 Å². The monoisotopic (exact) mass is 318 g/mol. The van der Waals surface area contributed by atoms with Gasteiger partial charge in [0.15, 0.2) is 5.79 Å². The lowest BCUT2D eigenvalue weighted by molar-refractivity contribution is -0.137. The van der Waals surface area contributed by atoms with E-state index in [-0.39, 0.29) is 12.0 Å². The van der Waals surface area contributed by atoms with Gasteiger partial charge in [-0.2, -0.15) is 0 Å². The maximum atomic E-state index is 10.7. The Balaban J connectivity index is 1.94. The smallest absolute Gasteiger partial charge is 0.163 e. The van der Waals surface area contributed by atoms with E-state index in [0.717, 1.165) is 31.2 Å². The van der Waals surface area contributed by atoms with Crippen molar-refractivity contribution < 1.29 is 14.6 Å². The molecular formula is C20H30O3. The molecule has 1 aromatic rings. The van der Waals surface area contributed by atoms with Gasteiger partial charge in [-0.3, -0.25) is 0 Å². The highest BCUT2D eigenvalue weighted by Gasteiger charge is 2.31. The zero-order chi connectivity index (χ0) is 16.7. The lowest BCUT2D eigenvalue weighted by Gasteiger charge is -2.20. The number of unbranched alkanes of at least 4 members (excludes halogenated alkanes) is 1. The summed E-state index contributed by atoms with van der Waals surface area (Å²) in [5, 5.41) is 10.7. The predicted molar refractivity (Wildman–Crippen MR) is 93.1 cm³/mol. The Hall–Kier alpha value is -1.16. The lowest BCUT2D eigenvalue weighted by Crippen LogP contribution is -2.21. The first-order valence-electron chi connectivity index (χ1n) is 8.73. The molecule has 1 saturated heterocycles. The van der Waals surface area contributed by atoms with Crippen molar-refractivity contribution in [3.8, 4) is 0 Å². The number of rotatable bonds is 8. The van der Waals surface area contributed by atoms with Crippen LogP contribution in [0.25, 0.3) is 0 Å². The van der Waals surface area contributed by atoms with Gasteiger partial charge in [0.2, 0.25) is 0 Å². The fourth-order valence-corrected chi connectivity index (χ4v) is 2.98. The molecule has 0 bridgehead atoms. The molecule has 0 spiro atoms. The molecule has 0 saturated carbocycles. The molecule has 3 heteroatoms. The van der Waals surface area contributed by atoms with Crippen LogP contribution in [0.4, 0.5) is 0 Å². The van der Waals surface area contributed by atoms with Crippen molar-refractivity contribution in [2.24, 2.45) is 5.92 Å². The molecule has 23 heavy (non-hydrogen) atoms. The van der Waals surface area contributed by atoms with Gasteiger partial charge in [-0.1, -0.05) is 62.2 Å². The van der Waals surface area contributed by atoms with Crippen LogP contribution < -0.4 is 0 Å². The molecular weight excluding hydrogens is 288 g/mol. The minimum absolute atomic E-state index is 0.113. The fourth-order valence-electron chi connectivity index (χ4n) is 2.98. The quantitative estimate of drug-likeness (QED) is 0.711. The van der Waals surface area contributed by atoms with Crippen LogP contribution in [-0.4, -0.2) is 23.6 Å². The molecule has 1 heterocycles. The second-order valence-electron chi connectivity index (χ2n) is 6.78. The zero-order valence-electron chi connectivity index (χ0n) is 14.6. The van der Waals surface area contributed by atoms with E-state index < -0.39 is 11.9 Å². The number of aliphatic hydroxyl groups excluding tert-OH is 1. The van der Waals surface area contributed by atoms with Gasteiger partial charge < -0.3 is 14.6 Å². The van der Waals surface area contributed by atoms with Crippen LogP contribution in [0.2, 0.25) is 0 Å². The van der Waals surface area contributed by atoms with Gasteiger partial charge >= 0.3 is 0 Å². The van der Waals surface area contributed by atoms with E-state index in [0.29, 0.717) is 6.61 Å². The summed E-state index contributed by atoms with van der Waals surface area (Å²) in [6.07, 6.45) is 8.04. The Kier molecular flexibility index (Phi) is 6.82. The van der Waals surface area contributed by atoms with E-state index in [1.807, 2.05) is 44.2 Å². The van der Waals surface area contributed by atoms with Crippen LogP contribution in [0.1, 0.15) is 58.1 Å². The van der Waals surface area contributed by atoms with E-state index in [1.54, 1.807) is 0 Å². The summed E-state index contributed by atoms with van der Waals surface area (Å²) < 4.78 is 11.4. The third-order valence-electron chi connectivity index (χ3n) is 4.29. The average Bonchev–Trinajstić information content (AvgIpc) is 2.90. The van der Waals surface area contributed by atoms with Crippen molar-refractivity contribution in [1.29, 1.82) is 0 Å². The van der Waals surface area contributed by atoms with Gasteiger partial charge in [0.25, 0.3) is 0 Å². The molecule has 2 rings (SSSR count). The molecule has 0 aliphatic carbocycles. The van der Waals surface area contributed by atoms with Crippen molar-refractivity contribution in [3.63, 3.8) is 0 Å². The van der Waals surface area contributed by atoms with Crippen LogP contribution in [0.5, 0.6) is 0 Å². The average molecular weight is 318 g/mol. The molecule has 128 valence electrons. The standard InChI is InChI=1S/C20H30O3/c1-4-5-10-16(19(21)17-11-7-6-8-12-17)13-9-14-18-15-22-20(2,3)23-18/h6-9,11-13,16,18-19,21H,4-5,10,14-15H2,1-3H3/b13-9-/t16-,18-,19-/m1/s1. The Morgan fingerprint density at radius 1 is 1.30 bits per heavy atom. The number of hydrogen-bond donors (Lipinski definition) is 1. The topological polar surface area (TPSA) is 38.7 Å². The van der Waals surface area contributed by atoms with E-state index >= 15 is 0 Å². The minimum atomic E-state index is -0.469. The Labute approximate surface area is 140 Å². The van der Waals surface area contributed by atoms with Crippen LogP contribution >= 0.6 is 0 Å². The Morgan fingerprint density at radius 2 is 2.04 bits per heavy atom. The Morgan fingerprint density at radius 3 is 2.65 bits per heavy atom. The molecule has 3 nitrogen and oxygen atoms in total. The summed E-state index contributed by atoms with van der Waals surface area (Å²) in [7, 11) is 0. The summed E-state index contributed by atoms with van der Waals surface area (Å²) in [5.74, 6) is -0.323. The van der Waals surface area contributed by atoms with E-state index in [2.05, 4.69) is 19.1 Å². The lowest BCUT2D eigenvalue weighted by atomic mass is 9.90. The van der Waals surface area contributed by atoms with Crippen LogP contribution in [0, 0.1) is 5.92 Å². The second kappa shape index (κ2) is 8.62. The minimum Gasteiger partial charge on any atom is -0.388 e. The van der Waals surface area contributed by atoms with Crippen LogP contribution in [0.3, 0.4) is 0 Å². The van der Waals surface area contributed by atoms with Gasteiger partial charge in [0, 0.05) is 5.92 Å². The van der Waals surface area contributed by atoms with Crippen molar-refractivity contribution >= 4 is 0 Å². The van der Waals surface area contributed by atoms with Gasteiger partial charge in [0.05, 0.1) is 18.8 Å². The normalized spacial score (nSPS) is 23.2. The largest absolute Gasteiger partial charge is 0.388 e. The van der Waals surface area contributed by atoms with Gasteiger partial charge in [0.1, 0.15) is 0 Å². The summed E-state index contributed by atoms with van der Waals surface area (Å²) in [4.78, 5) is 0. The van der Waals surface area contributed by atoms with Crippen LogP contribution in [0.15, 0.2) is 42.5 Å². The Bertz CT molecular complexity index is 481. The number of ether oxygens (including phenoxy) is 2. The maximum Gasteiger partial charge on any atom is 0.163 e. The number of aliphatic hydroxyl groups is 1. The van der Waals surface area contributed by atoms with E-state index in [9.17, 15) is 5.11 Å². The molecule has 0 unspecified atom stereocenters. The van der Waals surface area contributed by atoms with E-state index in [4.69, 9.17) is 9.47 Å². The first-order chi connectivity index (χ1) is 11.0. The maximum absolute atomic E-state index is 10.7. The molecule has 1 aliphatic heterocycles. The molecule has 1 fully saturated rings. The van der Waals surface area contributed by atoms with Gasteiger partial charge in [-0.05, 0) is 32.3 Å². The highest BCUT2D eigenvalue weighted by molar-refractivity contribution is 5.19. The molecule has 1 aromatic carbocycles. The first-order valence-corrected chi connectivity index (χ1v) is 8.73. The molecule has 0 aromatic heterocycles. The third-order valence-corrected chi connectivity index (χ3v) is 4.29. The SMILES string of the molecule is CCCC[C@H](/C=C\C[C@@H]1COC(C)(C)O1)[C@@H](O)c1ccccc1. The van der Waals surface area contributed by atoms with Crippen molar-refractivity contribution in [3.05, 3.63) is 48.0 Å². The molecule has 1 aliphatic rings. The second-order valence-corrected chi connectivity index (χ2v) is 6.78. The molecule has 3 atom stereocenters. The van der Waals surface area contributed by atoms with Gasteiger partial charge in [-0.25, -0.2) is 0 Å². The molecule has 1 N–H and O–H groups in total. The van der Waals surface area contributed by atoms with Crippen molar-refractivity contribution in [1.82, 2.24) is 0 Å². The number of hydrogen-bond acceptors (Lipinski definition) is 3. The number of benzene rings is 1. The highest BCUT2D eigenvalue weighted by atomic mass is 16.7. The molecule has 0 amide bonds. The fraction of sp³-hybridized carbons (Fsp3) is 0.600.